The highest BCUT2D eigenvalue weighted by Crippen LogP contribution is 2.38. The Kier molecular flexibility index (Phi) is 6.36. The van der Waals surface area contributed by atoms with Crippen LogP contribution in [-0.4, -0.2) is 74.0 Å². The van der Waals surface area contributed by atoms with Gasteiger partial charge in [0, 0.05) is 45.5 Å². The van der Waals surface area contributed by atoms with Crippen LogP contribution >= 0.6 is 0 Å². The van der Waals surface area contributed by atoms with Crippen molar-refractivity contribution < 1.29 is 17.6 Å². The lowest BCUT2D eigenvalue weighted by Crippen LogP contribution is -2.50. The van der Waals surface area contributed by atoms with Crippen molar-refractivity contribution in [1.29, 1.82) is 5.26 Å². The van der Waals surface area contributed by atoms with E-state index >= 15 is 0 Å². The molecule has 0 bridgehead atoms. The first kappa shape index (κ1) is 23.1. The zero-order valence-corrected chi connectivity index (χ0v) is 19.3. The fraction of sp³-hybridized carbons (Fsp3) is 0.435. The van der Waals surface area contributed by atoms with Crippen LogP contribution in [0.1, 0.15) is 28.8 Å². The van der Waals surface area contributed by atoms with Crippen LogP contribution in [0, 0.1) is 17.1 Å². The van der Waals surface area contributed by atoms with Crippen LogP contribution in [0.2, 0.25) is 0 Å². The van der Waals surface area contributed by atoms with E-state index < -0.39 is 21.3 Å². The van der Waals surface area contributed by atoms with E-state index in [4.69, 9.17) is 0 Å². The van der Waals surface area contributed by atoms with Crippen molar-refractivity contribution in [2.75, 3.05) is 50.4 Å². The maximum absolute atomic E-state index is 15.0. The molecule has 2 fully saturated rings. The first-order valence-electron chi connectivity index (χ1n) is 10.8. The minimum Gasteiger partial charge on any atom is -0.368 e. The first-order chi connectivity index (χ1) is 15.7. The summed E-state index contributed by atoms with van der Waals surface area (Å²) in [5.41, 5.74) is 0.655. The van der Waals surface area contributed by atoms with Gasteiger partial charge >= 0.3 is 0 Å². The Morgan fingerprint density at radius 1 is 1.06 bits per heavy atom. The Hall–Kier alpha value is -3.03. The molecule has 2 aliphatic rings. The molecule has 0 saturated carbocycles. The van der Waals surface area contributed by atoms with Crippen molar-refractivity contribution in [3.63, 3.8) is 0 Å². The Morgan fingerprint density at radius 3 is 2.27 bits per heavy atom. The zero-order chi connectivity index (χ0) is 23.6. The predicted molar refractivity (Wildman–Crippen MR) is 122 cm³/mol. The Labute approximate surface area is 193 Å². The maximum Gasteiger partial charge on any atom is 0.257 e. The van der Waals surface area contributed by atoms with Gasteiger partial charge in [0.05, 0.1) is 35.2 Å². The average Bonchev–Trinajstić information content (AvgIpc) is 2.84. The molecule has 0 aliphatic carbocycles. The molecule has 4 rings (SSSR count). The number of anilines is 1. The Bertz CT molecular complexity index is 1170. The summed E-state index contributed by atoms with van der Waals surface area (Å²) in [4.78, 5) is 20.5. The molecule has 2 saturated heterocycles. The van der Waals surface area contributed by atoms with Crippen molar-refractivity contribution in [1.82, 2.24) is 14.2 Å². The minimum atomic E-state index is -3.32. The van der Waals surface area contributed by atoms with Crippen LogP contribution in [-0.2, 0) is 15.4 Å². The largest absolute Gasteiger partial charge is 0.368 e. The lowest BCUT2D eigenvalue weighted by atomic mass is 9.74. The predicted octanol–water partition coefficient (Wildman–Crippen LogP) is 2.00. The van der Waals surface area contributed by atoms with Crippen LogP contribution in [0.15, 0.2) is 42.7 Å². The molecule has 1 aromatic carbocycles. The summed E-state index contributed by atoms with van der Waals surface area (Å²) in [6.07, 6.45) is 4.63. The van der Waals surface area contributed by atoms with Gasteiger partial charge in [0.2, 0.25) is 10.0 Å². The molecule has 2 aromatic rings. The van der Waals surface area contributed by atoms with Gasteiger partial charge in [-0.1, -0.05) is 30.3 Å². The van der Waals surface area contributed by atoms with E-state index in [1.165, 1.54) is 15.4 Å². The van der Waals surface area contributed by atoms with Crippen molar-refractivity contribution in [2.45, 2.75) is 18.3 Å². The van der Waals surface area contributed by atoms with Gasteiger partial charge in [0.15, 0.2) is 5.82 Å². The number of benzene rings is 1. The number of piperidine rings is 1. The molecular formula is C23H26FN5O3S. The number of rotatable bonds is 4. The SMILES string of the molecule is CS(=O)(=O)N1CCN(C(=O)c2cncc(F)c2N2CCC(C#N)(c3ccccc3)CC2)CC1. The molecule has 0 unspecified atom stereocenters. The quantitative estimate of drug-likeness (QED) is 0.677. The average molecular weight is 472 g/mol. The van der Waals surface area contributed by atoms with Crippen molar-refractivity contribution >= 4 is 21.6 Å². The van der Waals surface area contributed by atoms with Crippen molar-refractivity contribution in [3.05, 3.63) is 59.7 Å². The molecule has 2 aliphatic heterocycles. The lowest BCUT2D eigenvalue weighted by molar-refractivity contribution is 0.0698. The van der Waals surface area contributed by atoms with E-state index in [9.17, 15) is 22.9 Å². The van der Waals surface area contributed by atoms with E-state index in [1.807, 2.05) is 35.2 Å². The molecule has 8 nitrogen and oxygen atoms in total. The van der Waals surface area contributed by atoms with E-state index in [0.717, 1.165) is 18.0 Å². The van der Waals surface area contributed by atoms with Gasteiger partial charge in [-0.25, -0.2) is 12.8 Å². The number of hydrogen-bond acceptors (Lipinski definition) is 6. The normalized spacial score (nSPS) is 19.2. The minimum absolute atomic E-state index is 0.159. The number of halogens is 1. The van der Waals surface area contributed by atoms with Gasteiger partial charge in [0.1, 0.15) is 0 Å². The standard InChI is InChI=1S/C23H26FN5O3S/c1-33(31,32)29-13-11-28(12-14-29)22(30)19-15-26-16-20(24)21(19)27-9-7-23(17-25,8-10-27)18-5-3-2-4-6-18/h2-6,15-16H,7-14H2,1H3. The number of pyridine rings is 1. The highest BCUT2D eigenvalue weighted by atomic mass is 32.2. The number of hydrogen-bond donors (Lipinski definition) is 0. The summed E-state index contributed by atoms with van der Waals surface area (Å²) in [6, 6.07) is 12.1. The van der Waals surface area contributed by atoms with Crippen LogP contribution in [0.5, 0.6) is 0 Å². The van der Waals surface area contributed by atoms with Gasteiger partial charge < -0.3 is 9.80 Å². The number of sulfonamides is 1. The van der Waals surface area contributed by atoms with Gasteiger partial charge in [0.25, 0.3) is 5.91 Å². The Morgan fingerprint density at radius 2 is 1.70 bits per heavy atom. The fourth-order valence-corrected chi connectivity index (χ4v) is 5.46. The van der Waals surface area contributed by atoms with Crippen LogP contribution in [0.25, 0.3) is 0 Å². The molecule has 0 radical (unpaired) electrons. The third kappa shape index (κ3) is 4.56. The summed E-state index contributed by atoms with van der Waals surface area (Å²) < 4.78 is 39.8. The van der Waals surface area contributed by atoms with Gasteiger partial charge in [-0.15, -0.1) is 0 Å². The molecular weight excluding hydrogens is 445 g/mol. The highest BCUT2D eigenvalue weighted by Gasteiger charge is 2.38. The summed E-state index contributed by atoms with van der Waals surface area (Å²) >= 11 is 0. The Balaban J connectivity index is 1.54. The molecule has 174 valence electrons. The van der Waals surface area contributed by atoms with Gasteiger partial charge in [-0.2, -0.15) is 9.57 Å². The molecule has 1 aromatic heterocycles. The summed E-state index contributed by atoms with van der Waals surface area (Å²) in [5, 5.41) is 9.94. The molecule has 1 amide bonds. The molecule has 33 heavy (non-hydrogen) atoms. The number of piperazine rings is 1. The third-order valence-electron chi connectivity index (χ3n) is 6.57. The number of amides is 1. The summed E-state index contributed by atoms with van der Waals surface area (Å²) in [7, 11) is -3.32. The highest BCUT2D eigenvalue weighted by molar-refractivity contribution is 7.88. The topological polar surface area (TPSA) is 97.6 Å². The van der Waals surface area contributed by atoms with E-state index in [0.29, 0.717) is 25.9 Å². The number of nitriles is 1. The molecule has 10 heteroatoms. The summed E-state index contributed by atoms with van der Waals surface area (Å²) in [6.45, 7) is 1.71. The van der Waals surface area contributed by atoms with Crippen LogP contribution < -0.4 is 4.90 Å². The van der Waals surface area contributed by atoms with E-state index in [-0.39, 0.29) is 43.3 Å². The number of nitrogens with zero attached hydrogens (tertiary/aromatic N) is 5. The number of carbonyl (C=O) groups is 1. The maximum atomic E-state index is 15.0. The zero-order valence-electron chi connectivity index (χ0n) is 18.4. The molecule has 0 atom stereocenters. The van der Waals surface area contributed by atoms with E-state index in [1.54, 1.807) is 0 Å². The third-order valence-corrected chi connectivity index (χ3v) is 7.87. The summed E-state index contributed by atoms with van der Waals surface area (Å²) in [5.74, 6) is -0.954. The van der Waals surface area contributed by atoms with Gasteiger partial charge in [-0.05, 0) is 18.4 Å². The van der Waals surface area contributed by atoms with E-state index in [2.05, 4.69) is 11.1 Å². The number of carbonyl (C=O) groups excluding carboxylic acids is 1. The molecule has 3 heterocycles. The first-order valence-corrected chi connectivity index (χ1v) is 12.7. The molecule has 0 spiro atoms. The second-order valence-corrected chi connectivity index (χ2v) is 10.5. The van der Waals surface area contributed by atoms with Crippen molar-refractivity contribution in [2.24, 2.45) is 0 Å². The van der Waals surface area contributed by atoms with Crippen LogP contribution in [0.3, 0.4) is 0 Å². The van der Waals surface area contributed by atoms with Gasteiger partial charge in [-0.3, -0.25) is 9.78 Å². The lowest BCUT2D eigenvalue weighted by Gasteiger charge is -2.40. The monoisotopic (exact) mass is 471 g/mol. The molecule has 0 N–H and O–H groups in total. The second kappa shape index (κ2) is 9.08. The number of aromatic nitrogens is 1. The van der Waals surface area contributed by atoms with Crippen LogP contribution in [0.4, 0.5) is 10.1 Å². The second-order valence-electron chi connectivity index (χ2n) is 8.52. The van der Waals surface area contributed by atoms with Crippen molar-refractivity contribution in [3.8, 4) is 6.07 Å². The fourth-order valence-electron chi connectivity index (χ4n) is 4.63. The smallest absolute Gasteiger partial charge is 0.257 e.